The van der Waals surface area contributed by atoms with Crippen molar-refractivity contribution in [3.05, 3.63) is 46.2 Å². The number of aromatic nitrogens is 5. The standard InChI is InChI=1S/C17H17ClN6O/c18-10-1-4-14(21-9-10)22-11-7-13(8-11)24-16-15(19-5-6-20-16)23(17(24)25)12-2-3-12/h1,4-6,9,11-13H,2-3,7-8H2,(H,21,22). The summed E-state index contributed by atoms with van der Waals surface area (Å²) in [7, 11) is 0. The minimum atomic E-state index is 0.0248. The van der Waals surface area contributed by atoms with E-state index in [2.05, 4.69) is 20.3 Å². The van der Waals surface area contributed by atoms with Gasteiger partial charge < -0.3 is 5.32 Å². The number of halogens is 1. The molecule has 7 nitrogen and oxygen atoms in total. The second-order valence-corrected chi connectivity index (χ2v) is 7.22. The van der Waals surface area contributed by atoms with Crippen LogP contribution in [0.2, 0.25) is 5.02 Å². The molecule has 2 aliphatic rings. The van der Waals surface area contributed by atoms with Crippen molar-refractivity contribution in [3.8, 4) is 0 Å². The zero-order chi connectivity index (χ0) is 17.0. The Morgan fingerprint density at radius 2 is 1.68 bits per heavy atom. The van der Waals surface area contributed by atoms with Crippen molar-refractivity contribution in [1.29, 1.82) is 0 Å². The second-order valence-electron chi connectivity index (χ2n) is 6.79. The third-order valence-corrected chi connectivity index (χ3v) is 5.22. The van der Waals surface area contributed by atoms with Gasteiger partial charge in [0.2, 0.25) is 0 Å². The van der Waals surface area contributed by atoms with Crippen LogP contribution in [-0.2, 0) is 0 Å². The van der Waals surface area contributed by atoms with Crippen molar-refractivity contribution in [3.63, 3.8) is 0 Å². The van der Waals surface area contributed by atoms with Gasteiger partial charge in [-0.25, -0.2) is 19.7 Å². The van der Waals surface area contributed by atoms with E-state index in [-0.39, 0.29) is 11.7 Å². The van der Waals surface area contributed by atoms with E-state index in [0.29, 0.717) is 28.4 Å². The fourth-order valence-corrected chi connectivity index (χ4v) is 3.65. The molecule has 3 heterocycles. The highest BCUT2D eigenvalue weighted by Gasteiger charge is 2.37. The summed E-state index contributed by atoms with van der Waals surface area (Å²) in [6.45, 7) is 0. The largest absolute Gasteiger partial charge is 0.367 e. The maximum Gasteiger partial charge on any atom is 0.332 e. The first-order valence-electron chi connectivity index (χ1n) is 8.52. The molecule has 0 amide bonds. The molecule has 0 aliphatic heterocycles. The number of nitrogens with one attached hydrogen (secondary N) is 1. The third kappa shape index (κ3) is 2.50. The second kappa shape index (κ2) is 5.56. The van der Waals surface area contributed by atoms with Crippen molar-refractivity contribution in [2.75, 3.05) is 5.32 Å². The molecule has 2 fully saturated rings. The number of pyridine rings is 1. The van der Waals surface area contributed by atoms with Gasteiger partial charge in [-0.2, -0.15) is 0 Å². The highest BCUT2D eigenvalue weighted by Crippen LogP contribution is 2.38. The zero-order valence-corrected chi connectivity index (χ0v) is 14.2. The van der Waals surface area contributed by atoms with Crippen LogP contribution in [0.5, 0.6) is 0 Å². The minimum absolute atomic E-state index is 0.0248. The van der Waals surface area contributed by atoms with Crippen LogP contribution in [0.25, 0.3) is 11.3 Å². The molecule has 0 unspecified atom stereocenters. The Balaban J connectivity index is 1.39. The summed E-state index contributed by atoms with van der Waals surface area (Å²) < 4.78 is 3.65. The summed E-state index contributed by atoms with van der Waals surface area (Å²) in [6.07, 6.45) is 8.77. The van der Waals surface area contributed by atoms with E-state index in [9.17, 15) is 4.79 Å². The van der Waals surface area contributed by atoms with Gasteiger partial charge in [-0.15, -0.1) is 0 Å². The Morgan fingerprint density at radius 3 is 2.28 bits per heavy atom. The summed E-state index contributed by atoms with van der Waals surface area (Å²) >= 11 is 5.86. The Morgan fingerprint density at radius 1 is 1.00 bits per heavy atom. The third-order valence-electron chi connectivity index (χ3n) is 5.00. The van der Waals surface area contributed by atoms with Gasteiger partial charge in [-0.1, -0.05) is 11.6 Å². The number of imidazole rings is 1. The highest BCUT2D eigenvalue weighted by atomic mass is 35.5. The monoisotopic (exact) mass is 356 g/mol. The molecule has 0 saturated heterocycles. The summed E-state index contributed by atoms with van der Waals surface area (Å²) in [5.74, 6) is 0.806. The molecule has 1 N–H and O–H groups in total. The maximum atomic E-state index is 12.9. The van der Waals surface area contributed by atoms with Crippen LogP contribution in [0.3, 0.4) is 0 Å². The Labute approximate surface area is 148 Å². The van der Waals surface area contributed by atoms with Crippen LogP contribution in [0, 0.1) is 0 Å². The molecule has 2 aliphatic carbocycles. The normalized spacial score (nSPS) is 22.8. The quantitative estimate of drug-likeness (QED) is 0.777. The molecule has 3 aromatic heterocycles. The Hall–Kier alpha value is -2.41. The van der Waals surface area contributed by atoms with Gasteiger partial charge in [0, 0.05) is 36.7 Å². The van der Waals surface area contributed by atoms with Crippen LogP contribution >= 0.6 is 11.6 Å². The van der Waals surface area contributed by atoms with Crippen LogP contribution in [0.15, 0.2) is 35.5 Å². The fourth-order valence-electron chi connectivity index (χ4n) is 3.54. The van der Waals surface area contributed by atoms with E-state index in [1.54, 1.807) is 18.6 Å². The van der Waals surface area contributed by atoms with E-state index in [1.807, 2.05) is 21.3 Å². The van der Waals surface area contributed by atoms with Crippen molar-refractivity contribution in [1.82, 2.24) is 24.1 Å². The first kappa shape index (κ1) is 14.9. The number of fused-ring (bicyclic) bond motifs is 1. The lowest BCUT2D eigenvalue weighted by Gasteiger charge is -2.36. The summed E-state index contributed by atoms with van der Waals surface area (Å²) in [5.41, 5.74) is 1.44. The van der Waals surface area contributed by atoms with Crippen LogP contribution in [0.1, 0.15) is 37.8 Å². The number of hydrogen-bond acceptors (Lipinski definition) is 5. The van der Waals surface area contributed by atoms with Crippen LogP contribution in [0.4, 0.5) is 5.82 Å². The zero-order valence-electron chi connectivity index (χ0n) is 13.5. The molecular formula is C17H17ClN6O. The molecule has 5 rings (SSSR count). The molecule has 0 radical (unpaired) electrons. The van der Waals surface area contributed by atoms with Gasteiger partial charge >= 0.3 is 5.69 Å². The summed E-state index contributed by atoms with van der Waals surface area (Å²) in [5, 5.41) is 4.01. The lowest BCUT2D eigenvalue weighted by atomic mass is 9.86. The molecule has 0 bridgehead atoms. The minimum Gasteiger partial charge on any atom is -0.367 e. The van der Waals surface area contributed by atoms with Crippen molar-refractivity contribution >= 4 is 28.7 Å². The van der Waals surface area contributed by atoms with Crippen LogP contribution in [-0.4, -0.2) is 30.1 Å². The first-order chi connectivity index (χ1) is 12.2. The Bertz CT molecular complexity index is 985. The number of nitrogens with zero attached hydrogens (tertiary/aromatic N) is 5. The van der Waals surface area contributed by atoms with E-state index < -0.39 is 0 Å². The topological polar surface area (TPSA) is 77.6 Å². The molecule has 8 heteroatoms. The van der Waals surface area contributed by atoms with Gasteiger partial charge in [-0.3, -0.25) is 9.13 Å². The molecule has 2 saturated carbocycles. The Kier molecular flexibility index (Phi) is 3.31. The van der Waals surface area contributed by atoms with Gasteiger partial charge in [0.1, 0.15) is 5.82 Å². The molecule has 0 atom stereocenters. The maximum absolute atomic E-state index is 12.9. The fraction of sp³-hybridized carbons (Fsp3) is 0.412. The molecule has 0 spiro atoms. The smallest absolute Gasteiger partial charge is 0.332 e. The number of rotatable bonds is 4. The predicted molar refractivity (Wildman–Crippen MR) is 95.0 cm³/mol. The lowest BCUT2D eigenvalue weighted by molar-refractivity contribution is 0.279. The summed E-state index contributed by atoms with van der Waals surface area (Å²) in [6, 6.07) is 4.42. The molecule has 0 aromatic carbocycles. The molecule has 128 valence electrons. The lowest BCUT2D eigenvalue weighted by Crippen LogP contribution is -2.41. The van der Waals surface area contributed by atoms with Gasteiger partial charge in [0.15, 0.2) is 11.3 Å². The van der Waals surface area contributed by atoms with Gasteiger partial charge in [-0.05, 0) is 37.8 Å². The predicted octanol–water partition coefficient (Wildman–Crippen LogP) is 2.79. The summed E-state index contributed by atoms with van der Waals surface area (Å²) in [4.78, 5) is 26.0. The van der Waals surface area contributed by atoms with Crippen LogP contribution < -0.4 is 11.0 Å². The number of anilines is 1. The van der Waals surface area contributed by atoms with Gasteiger partial charge in [0.25, 0.3) is 0 Å². The molecule has 25 heavy (non-hydrogen) atoms. The van der Waals surface area contributed by atoms with E-state index in [1.165, 1.54) is 0 Å². The van der Waals surface area contributed by atoms with Crippen molar-refractivity contribution < 1.29 is 0 Å². The van der Waals surface area contributed by atoms with Crippen molar-refractivity contribution in [2.45, 2.75) is 43.8 Å². The first-order valence-corrected chi connectivity index (χ1v) is 8.90. The highest BCUT2D eigenvalue weighted by molar-refractivity contribution is 6.30. The molecule has 3 aromatic rings. The molecular weight excluding hydrogens is 340 g/mol. The van der Waals surface area contributed by atoms with E-state index in [4.69, 9.17) is 11.6 Å². The van der Waals surface area contributed by atoms with Gasteiger partial charge in [0.05, 0.1) is 5.02 Å². The van der Waals surface area contributed by atoms with E-state index in [0.717, 1.165) is 31.5 Å². The average molecular weight is 357 g/mol. The SMILES string of the molecule is O=c1n(C2CC2)c2nccnc2n1C1CC(Nc2ccc(Cl)cn2)C1. The average Bonchev–Trinajstić information content (AvgIpc) is 3.37. The van der Waals surface area contributed by atoms with Crippen molar-refractivity contribution in [2.24, 2.45) is 0 Å². The van der Waals surface area contributed by atoms with E-state index >= 15 is 0 Å². The number of hydrogen-bond donors (Lipinski definition) is 1.